The Bertz CT molecular complexity index is 523. The summed E-state index contributed by atoms with van der Waals surface area (Å²) in [5.74, 6) is 1.93. The normalized spacial score (nSPS) is 25.9. The second-order valence-corrected chi connectivity index (χ2v) is 6.10. The Morgan fingerprint density at radius 3 is 2.57 bits per heavy atom. The summed E-state index contributed by atoms with van der Waals surface area (Å²) >= 11 is 0. The van der Waals surface area contributed by atoms with Gasteiger partial charge < -0.3 is 14.8 Å². The SMILES string of the molecule is COc1ccc(C2CC(=O)NC2C)cc1OC1CCCC1. The maximum atomic E-state index is 11.6. The lowest BCUT2D eigenvalue weighted by atomic mass is 9.92. The molecule has 114 valence electrons. The van der Waals surface area contributed by atoms with Gasteiger partial charge in [-0.3, -0.25) is 4.79 Å². The monoisotopic (exact) mass is 289 g/mol. The van der Waals surface area contributed by atoms with E-state index in [4.69, 9.17) is 9.47 Å². The van der Waals surface area contributed by atoms with Gasteiger partial charge in [-0.1, -0.05) is 6.07 Å². The Kier molecular flexibility index (Phi) is 4.04. The molecule has 1 aliphatic carbocycles. The Balaban J connectivity index is 1.83. The minimum absolute atomic E-state index is 0.126. The van der Waals surface area contributed by atoms with Gasteiger partial charge in [-0.25, -0.2) is 0 Å². The first-order chi connectivity index (χ1) is 10.2. The highest BCUT2D eigenvalue weighted by Crippen LogP contribution is 2.37. The van der Waals surface area contributed by atoms with Crippen LogP contribution in [0, 0.1) is 0 Å². The molecule has 0 bridgehead atoms. The van der Waals surface area contributed by atoms with Crippen LogP contribution in [-0.4, -0.2) is 25.2 Å². The van der Waals surface area contributed by atoms with Crippen LogP contribution in [0.2, 0.25) is 0 Å². The number of hydrogen-bond acceptors (Lipinski definition) is 3. The molecule has 1 saturated heterocycles. The first-order valence-corrected chi connectivity index (χ1v) is 7.81. The lowest BCUT2D eigenvalue weighted by Crippen LogP contribution is -2.24. The van der Waals surface area contributed by atoms with Crippen molar-refractivity contribution in [2.75, 3.05) is 7.11 Å². The van der Waals surface area contributed by atoms with E-state index in [1.54, 1.807) is 7.11 Å². The Hall–Kier alpha value is -1.71. The smallest absolute Gasteiger partial charge is 0.220 e. The third-order valence-corrected chi connectivity index (χ3v) is 4.61. The molecule has 1 saturated carbocycles. The molecule has 21 heavy (non-hydrogen) atoms. The highest BCUT2D eigenvalue weighted by molar-refractivity contribution is 5.80. The van der Waals surface area contributed by atoms with Gasteiger partial charge in [-0.2, -0.15) is 0 Å². The van der Waals surface area contributed by atoms with Crippen LogP contribution in [0.25, 0.3) is 0 Å². The highest BCUT2D eigenvalue weighted by Gasteiger charge is 2.31. The van der Waals surface area contributed by atoms with Gasteiger partial charge in [0.15, 0.2) is 11.5 Å². The summed E-state index contributed by atoms with van der Waals surface area (Å²) in [6.45, 7) is 2.05. The Labute approximate surface area is 125 Å². The van der Waals surface area contributed by atoms with Crippen molar-refractivity contribution in [1.82, 2.24) is 5.32 Å². The van der Waals surface area contributed by atoms with Crippen molar-refractivity contribution in [2.24, 2.45) is 0 Å². The zero-order valence-electron chi connectivity index (χ0n) is 12.7. The van der Waals surface area contributed by atoms with Gasteiger partial charge >= 0.3 is 0 Å². The summed E-state index contributed by atoms with van der Waals surface area (Å²) < 4.78 is 11.5. The summed E-state index contributed by atoms with van der Waals surface area (Å²) in [5.41, 5.74) is 1.15. The van der Waals surface area contributed by atoms with Gasteiger partial charge in [0.2, 0.25) is 5.91 Å². The molecule has 4 heteroatoms. The van der Waals surface area contributed by atoms with Gasteiger partial charge in [0.1, 0.15) is 0 Å². The summed E-state index contributed by atoms with van der Waals surface area (Å²) in [6.07, 6.45) is 5.57. The fourth-order valence-corrected chi connectivity index (χ4v) is 3.40. The van der Waals surface area contributed by atoms with Crippen LogP contribution in [0.4, 0.5) is 0 Å². The van der Waals surface area contributed by atoms with E-state index in [0.29, 0.717) is 12.5 Å². The van der Waals surface area contributed by atoms with Crippen molar-refractivity contribution < 1.29 is 14.3 Å². The van der Waals surface area contributed by atoms with Crippen LogP contribution in [-0.2, 0) is 4.79 Å². The lowest BCUT2D eigenvalue weighted by molar-refractivity contribution is -0.119. The van der Waals surface area contributed by atoms with E-state index in [0.717, 1.165) is 29.9 Å². The van der Waals surface area contributed by atoms with Crippen LogP contribution in [0.15, 0.2) is 18.2 Å². The van der Waals surface area contributed by atoms with E-state index in [-0.39, 0.29) is 17.9 Å². The van der Waals surface area contributed by atoms with Crippen molar-refractivity contribution in [2.45, 2.75) is 57.1 Å². The number of carbonyl (C=O) groups is 1. The van der Waals surface area contributed by atoms with Gasteiger partial charge in [0.25, 0.3) is 0 Å². The maximum absolute atomic E-state index is 11.6. The molecule has 1 aliphatic heterocycles. The molecule has 1 amide bonds. The van der Waals surface area contributed by atoms with Crippen molar-refractivity contribution in [3.05, 3.63) is 23.8 Å². The van der Waals surface area contributed by atoms with Crippen LogP contribution in [0.1, 0.15) is 50.5 Å². The van der Waals surface area contributed by atoms with E-state index in [1.165, 1.54) is 12.8 Å². The molecule has 1 N–H and O–H groups in total. The molecular weight excluding hydrogens is 266 g/mol. The van der Waals surface area contributed by atoms with Gasteiger partial charge in [0.05, 0.1) is 13.2 Å². The van der Waals surface area contributed by atoms with Crippen LogP contribution in [0.3, 0.4) is 0 Å². The van der Waals surface area contributed by atoms with E-state index in [2.05, 4.69) is 18.3 Å². The van der Waals surface area contributed by atoms with Gasteiger partial charge in [0, 0.05) is 18.4 Å². The number of rotatable bonds is 4. The second kappa shape index (κ2) is 5.96. The summed E-state index contributed by atoms with van der Waals surface area (Å²) in [4.78, 5) is 11.6. The molecule has 3 rings (SSSR count). The number of ether oxygens (including phenoxy) is 2. The Morgan fingerprint density at radius 2 is 1.95 bits per heavy atom. The molecule has 0 spiro atoms. The predicted octanol–water partition coefficient (Wildman–Crippen LogP) is 3.01. The number of hydrogen-bond donors (Lipinski definition) is 1. The van der Waals surface area contributed by atoms with Gasteiger partial charge in [-0.05, 0) is 50.3 Å². The zero-order valence-corrected chi connectivity index (χ0v) is 12.7. The minimum Gasteiger partial charge on any atom is -0.493 e. The number of methoxy groups -OCH3 is 1. The summed E-state index contributed by atoms with van der Waals surface area (Å²) in [5, 5.41) is 2.98. The molecule has 0 radical (unpaired) electrons. The fraction of sp³-hybridized carbons (Fsp3) is 0.588. The largest absolute Gasteiger partial charge is 0.493 e. The minimum atomic E-state index is 0.126. The molecule has 2 unspecified atom stereocenters. The molecule has 1 aromatic carbocycles. The number of nitrogens with one attached hydrogen (secondary N) is 1. The van der Waals surface area contributed by atoms with E-state index < -0.39 is 0 Å². The van der Waals surface area contributed by atoms with Crippen LogP contribution < -0.4 is 14.8 Å². The molecule has 2 atom stereocenters. The van der Waals surface area contributed by atoms with Crippen molar-refractivity contribution in [1.29, 1.82) is 0 Å². The lowest BCUT2D eigenvalue weighted by Gasteiger charge is -2.20. The molecule has 1 aromatic rings. The zero-order chi connectivity index (χ0) is 14.8. The van der Waals surface area contributed by atoms with E-state index in [1.807, 2.05) is 12.1 Å². The average molecular weight is 289 g/mol. The molecule has 2 aliphatic rings. The van der Waals surface area contributed by atoms with Crippen LogP contribution in [0.5, 0.6) is 11.5 Å². The van der Waals surface area contributed by atoms with Crippen molar-refractivity contribution in [3.63, 3.8) is 0 Å². The number of amides is 1. The third-order valence-electron chi connectivity index (χ3n) is 4.61. The van der Waals surface area contributed by atoms with Crippen molar-refractivity contribution >= 4 is 5.91 Å². The fourth-order valence-electron chi connectivity index (χ4n) is 3.40. The Morgan fingerprint density at radius 1 is 1.19 bits per heavy atom. The molecule has 2 fully saturated rings. The van der Waals surface area contributed by atoms with Crippen molar-refractivity contribution in [3.8, 4) is 11.5 Å². The summed E-state index contributed by atoms with van der Waals surface area (Å²) in [7, 11) is 1.67. The molecule has 0 aromatic heterocycles. The first-order valence-electron chi connectivity index (χ1n) is 7.81. The molecule has 4 nitrogen and oxygen atoms in total. The topological polar surface area (TPSA) is 47.6 Å². The maximum Gasteiger partial charge on any atom is 0.220 e. The average Bonchev–Trinajstić information content (AvgIpc) is 3.08. The third kappa shape index (κ3) is 2.99. The van der Waals surface area contributed by atoms with E-state index >= 15 is 0 Å². The van der Waals surface area contributed by atoms with E-state index in [9.17, 15) is 4.79 Å². The van der Waals surface area contributed by atoms with Gasteiger partial charge in [-0.15, -0.1) is 0 Å². The molecular formula is C17H23NO3. The summed E-state index contributed by atoms with van der Waals surface area (Å²) in [6, 6.07) is 6.22. The highest BCUT2D eigenvalue weighted by atomic mass is 16.5. The predicted molar refractivity (Wildman–Crippen MR) is 80.8 cm³/mol. The number of benzene rings is 1. The quantitative estimate of drug-likeness (QED) is 0.927. The number of carbonyl (C=O) groups excluding carboxylic acids is 1. The standard InChI is InChI=1S/C17H23NO3/c1-11-14(10-17(19)18-11)12-7-8-15(20-2)16(9-12)21-13-5-3-4-6-13/h7-9,11,13-14H,3-6,10H2,1-2H3,(H,18,19). The van der Waals surface area contributed by atoms with Crippen LogP contribution >= 0.6 is 0 Å². The molecule has 1 heterocycles. The second-order valence-electron chi connectivity index (χ2n) is 6.10. The first kappa shape index (κ1) is 14.2.